The second-order valence-corrected chi connectivity index (χ2v) is 4.80. The van der Waals surface area contributed by atoms with E-state index in [-0.39, 0.29) is 11.9 Å². The van der Waals surface area contributed by atoms with E-state index in [0.717, 1.165) is 5.56 Å². The summed E-state index contributed by atoms with van der Waals surface area (Å²) in [5, 5.41) is 3.60. The van der Waals surface area contributed by atoms with Crippen LogP contribution in [0.1, 0.15) is 22.0 Å². The number of pyridine rings is 1. The molecule has 1 amide bonds. The highest BCUT2D eigenvalue weighted by atomic mass is 79.9. The van der Waals surface area contributed by atoms with Gasteiger partial charge in [-0.05, 0) is 17.7 Å². The fraction of sp³-hybridized carbons (Fsp3) is 0.200. The van der Waals surface area contributed by atoms with Crippen molar-refractivity contribution >= 4 is 21.8 Å². The summed E-state index contributed by atoms with van der Waals surface area (Å²) in [6.45, 7) is 0. The highest BCUT2D eigenvalue weighted by Crippen LogP contribution is 2.18. The molecule has 0 spiro atoms. The number of rotatable bonds is 5. The molecule has 2 rings (SSSR count). The lowest BCUT2D eigenvalue weighted by Gasteiger charge is -2.17. The van der Waals surface area contributed by atoms with E-state index in [1.54, 1.807) is 18.3 Å². The van der Waals surface area contributed by atoms with E-state index in [1.165, 1.54) is 7.11 Å². The second kappa shape index (κ2) is 7.05. The third-order valence-electron chi connectivity index (χ3n) is 2.87. The predicted molar refractivity (Wildman–Crippen MR) is 81.2 cm³/mol. The fourth-order valence-electron chi connectivity index (χ4n) is 1.86. The molecule has 0 aliphatic rings. The Balaban J connectivity index is 2.18. The Labute approximate surface area is 126 Å². The number of methoxy groups -OCH3 is 1. The molecule has 0 fully saturated rings. The Morgan fingerprint density at radius 1 is 1.30 bits per heavy atom. The van der Waals surface area contributed by atoms with Crippen molar-refractivity contribution < 1.29 is 9.53 Å². The van der Waals surface area contributed by atoms with E-state index in [1.807, 2.05) is 30.3 Å². The van der Waals surface area contributed by atoms with Crippen LogP contribution in [0.3, 0.4) is 0 Å². The maximum Gasteiger partial charge on any atom is 0.257 e. The Kier molecular flexibility index (Phi) is 5.12. The van der Waals surface area contributed by atoms with Crippen LogP contribution < -0.4 is 10.1 Å². The molecule has 0 aliphatic carbocycles. The van der Waals surface area contributed by atoms with Crippen molar-refractivity contribution in [2.75, 3.05) is 12.4 Å². The maximum atomic E-state index is 12.3. The summed E-state index contributed by atoms with van der Waals surface area (Å²) in [6.07, 6.45) is 1.59. The SMILES string of the molecule is COc1ncccc1C(=O)NC(CBr)c1ccccc1. The zero-order valence-corrected chi connectivity index (χ0v) is 12.6. The Morgan fingerprint density at radius 3 is 2.70 bits per heavy atom. The predicted octanol–water partition coefficient (Wildman–Crippen LogP) is 2.96. The Bertz CT molecular complexity index is 575. The van der Waals surface area contributed by atoms with Crippen LogP contribution in [0.4, 0.5) is 0 Å². The lowest BCUT2D eigenvalue weighted by Crippen LogP contribution is -2.29. The summed E-state index contributed by atoms with van der Waals surface area (Å²) in [5.41, 5.74) is 1.47. The molecule has 2 aromatic rings. The van der Waals surface area contributed by atoms with Crippen LogP contribution >= 0.6 is 15.9 Å². The number of nitrogens with one attached hydrogen (secondary N) is 1. The van der Waals surface area contributed by atoms with Gasteiger partial charge in [-0.2, -0.15) is 0 Å². The first-order chi connectivity index (χ1) is 9.76. The van der Waals surface area contributed by atoms with Gasteiger partial charge in [0.15, 0.2) is 0 Å². The van der Waals surface area contributed by atoms with Crippen molar-refractivity contribution in [3.8, 4) is 5.88 Å². The third-order valence-corrected chi connectivity index (χ3v) is 3.52. The first kappa shape index (κ1) is 14.5. The standard InChI is InChI=1S/C15H15BrN2O2/c1-20-15-12(8-5-9-17-15)14(19)18-13(10-16)11-6-3-2-4-7-11/h2-9,13H,10H2,1H3,(H,18,19). The number of hydrogen-bond acceptors (Lipinski definition) is 3. The number of alkyl halides is 1. The van der Waals surface area contributed by atoms with Gasteiger partial charge in [-0.25, -0.2) is 4.98 Å². The molecule has 104 valence electrons. The molecule has 4 nitrogen and oxygen atoms in total. The number of aromatic nitrogens is 1. The average molecular weight is 335 g/mol. The van der Waals surface area contributed by atoms with Gasteiger partial charge in [0.2, 0.25) is 5.88 Å². The maximum absolute atomic E-state index is 12.3. The molecule has 1 aromatic carbocycles. The van der Waals surface area contributed by atoms with E-state index in [2.05, 4.69) is 26.2 Å². The van der Waals surface area contributed by atoms with E-state index in [0.29, 0.717) is 16.8 Å². The largest absolute Gasteiger partial charge is 0.480 e. The van der Waals surface area contributed by atoms with Crippen molar-refractivity contribution in [2.24, 2.45) is 0 Å². The van der Waals surface area contributed by atoms with Gasteiger partial charge < -0.3 is 10.1 Å². The molecule has 1 aromatic heterocycles. The van der Waals surface area contributed by atoms with Gasteiger partial charge in [0.25, 0.3) is 5.91 Å². The van der Waals surface area contributed by atoms with E-state index in [9.17, 15) is 4.79 Å². The number of ether oxygens (including phenoxy) is 1. The van der Waals surface area contributed by atoms with E-state index < -0.39 is 0 Å². The molecule has 0 radical (unpaired) electrons. The zero-order chi connectivity index (χ0) is 14.4. The molecule has 1 atom stereocenters. The molecule has 1 heterocycles. The van der Waals surface area contributed by atoms with Gasteiger partial charge >= 0.3 is 0 Å². The van der Waals surface area contributed by atoms with Crippen molar-refractivity contribution in [1.82, 2.24) is 10.3 Å². The van der Waals surface area contributed by atoms with Gasteiger partial charge in [0.1, 0.15) is 5.56 Å². The summed E-state index contributed by atoms with van der Waals surface area (Å²) in [4.78, 5) is 16.3. The molecule has 1 N–H and O–H groups in total. The molecular weight excluding hydrogens is 320 g/mol. The van der Waals surface area contributed by atoms with Crippen LogP contribution in [-0.2, 0) is 0 Å². The smallest absolute Gasteiger partial charge is 0.257 e. The summed E-state index contributed by atoms with van der Waals surface area (Å²) in [6, 6.07) is 13.1. The number of halogens is 1. The first-order valence-corrected chi connectivity index (χ1v) is 7.29. The van der Waals surface area contributed by atoms with Gasteiger partial charge in [-0.15, -0.1) is 0 Å². The molecule has 1 unspecified atom stereocenters. The van der Waals surface area contributed by atoms with Gasteiger partial charge in [-0.3, -0.25) is 4.79 Å². The zero-order valence-electron chi connectivity index (χ0n) is 11.0. The van der Waals surface area contributed by atoms with Crippen LogP contribution in [0.15, 0.2) is 48.7 Å². The molecule has 5 heteroatoms. The molecule has 0 aliphatic heterocycles. The summed E-state index contributed by atoms with van der Waals surface area (Å²) in [7, 11) is 1.50. The fourth-order valence-corrected chi connectivity index (χ4v) is 2.39. The molecule has 20 heavy (non-hydrogen) atoms. The molecular formula is C15H15BrN2O2. The minimum atomic E-state index is -0.205. The third kappa shape index (κ3) is 3.36. The number of nitrogens with zero attached hydrogens (tertiary/aromatic N) is 1. The van der Waals surface area contributed by atoms with Crippen LogP contribution in [0.2, 0.25) is 0 Å². The topological polar surface area (TPSA) is 51.2 Å². The number of amides is 1. The average Bonchev–Trinajstić information content (AvgIpc) is 2.53. The monoisotopic (exact) mass is 334 g/mol. The van der Waals surface area contributed by atoms with Crippen LogP contribution in [0, 0.1) is 0 Å². The quantitative estimate of drug-likeness (QED) is 0.855. The number of carbonyl (C=O) groups is 1. The van der Waals surface area contributed by atoms with Crippen LogP contribution in [0.25, 0.3) is 0 Å². The highest BCUT2D eigenvalue weighted by Gasteiger charge is 2.17. The second-order valence-electron chi connectivity index (χ2n) is 4.15. The van der Waals surface area contributed by atoms with Crippen molar-refractivity contribution in [1.29, 1.82) is 0 Å². The van der Waals surface area contributed by atoms with Crippen LogP contribution in [0.5, 0.6) is 5.88 Å². The number of benzene rings is 1. The van der Waals surface area contributed by atoms with Crippen molar-refractivity contribution in [3.63, 3.8) is 0 Å². The molecule has 0 saturated heterocycles. The molecule has 0 saturated carbocycles. The Hall–Kier alpha value is -1.88. The Morgan fingerprint density at radius 2 is 2.05 bits per heavy atom. The normalized spacial score (nSPS) is 11.7. The summed E-state index contributed by atoms with van der Waals surface area (Å²) >= 11 is 3.43. The minimum absolute atomic E-state index is 0.103. The van der Waals surface area contributed by atoms with Crippen LogP contribution in [-0.4, -0.2) is 23.3 Å². The highest BCUT2D eigenvalue weighted by molar-refractivity contribution is 9.09. The minimum Gasteiger partial charge on any atom is -0.480 e. The van der Waals surface area contributed by atoms with Gasteiger partial charge in [-0.1, -0.05) is 46.3 Å². The first-order valence-electron chi connectivity index (χ1n) is 6.17. The lowest BCUT2D eigenvalue weighted by atomic mass is 10.1. The van der Waals surface area contributed by atoms with E-state index in [4.69, 9.17) is 4.74 Å². The summed E-state index contributed by atoms with van der Waals surface area (Å²) < 4.78 is 5.10. The lowest BCUT2D eigenvalue weighted by molar-refractivity contribution is 0.0937. The summed E-state index contributed by atoms with van der Waals surface area (Å²) in [5.74, 6) is 0.120. The molecule has 0 bridgehead atoms. The van der Waals surface area contributed by atoms with Crippen molar-refractivity contribution in [2.45, 2.75) is 6.04 Å². The number of hydrogen-bond donors (Lipinski definition) is 1. The van der Waals surface area contributed by atoms with E-state index >= 15 is 0 Å². The van der Waals surface area contributed by atoms with Crippen molar-refractivity contribution in [3.05, 3.63) is 59.8 Å². The van der Waals surface area contributed by atoms with Gasteiger partial charge in [0, 0.05) is 11.5 Å². The number of carbonyl (C=O) groups excluding carboxylic acids is 1. The van der Waals surface area contributed by atoms with Gasteiger partial charge in [0.05, 0.1) is 13.2 Å².